The molecule has 3 N–H and O–H groups in total. The Kier molecular flexibility index (Phi) is 6.62. The van der Waals surface area contributed by atoms with Gasteiger partial charge in [-0.3, -0.25) is 9.48 Å². The van der Waals surface area contributed by atoms with Crippen molar-refractivity contribution in [3.63, 3.8) is 0 Å². The van der Waals surface area contributed by atoms with Gasteiger partial charge in [0.05, 0.1) is 11.9 Å². The minimum absolute atomic E-state index is 0.0331. The standard InChI is InChI=1S/C25H26N4O5/c1-3-15(12-22(30)28-21-13-26-29(2)23(21)24(31)32)27-25(33)34-14-20-18-10-6-4-8-16(18)17-9-5-7-11-19(17)20/h4-11,13,15,20H,3,12,14H2,1-2H3,(H,27,33)(H,28,30)(H,31,32). The van der Waals surface area contributed by atoms with Gasteiger partial charge in [-0.2, -0.15) is 5.10 Å². The van der Waals surface area contributed by atoms with Gasteiger partial charge in [-0.05, 0) is 28.7 Å². The molecule has 1 aliphatic carbocycles. The summed E-state index contributed by atoms with van der Waals surface area (Å²) in [5, 5.41) is 18.4. The van der Waals surface area contributed by atoms with E-state index in [1.165, 1.54) is 17.9 Å². The van der Waals surface area contributed by atoms with Crippen molar-refractivity contribution in [2.75, 3.05) is 11.9 Å². The molecule has 34 heavy (non-hydrogen) atoms. The highest BCUT2D eigenvalue weighted by Gasteiger charge is 2.29. The number of aromatic nitrogens is 2. The summed E-state index contributed by atoms with van der Waals surface area (Å²) < 4.78 is 6.72. The van der Waals surface area contributed by atoms with Crippen molar-refractivity contribution in [3.05, 3.63) is 71.5 Å². The molecule has 1 unspecified atom stereocenters. The van der Waals surface area contributed by atoms with Crippen LogP contribution in [0.15, 0.2) is 54.7 Å². The number of nitrogens with one attached hydrogen (secondary N) is 2. The van der Waals surface area contributed by atoms with E-state index in [4.69, 9.17) is 4.74 Å². The van der Waals surface area contributed by atoms with Crippen molar-refractivity contribution >= 4 is 23.7 Å². The van der Waals surface area contributed by atoms with Crippen LogP contribution in [0, 0.1) is 0 Å². The summed E-state index contributed by atoms with van der Waals surface area (Å²) in [6.45, 7) is 2.02. The normalized spacial score (nSPS) is 13.0. The number of nitrogens with zero attached hydrogens (tertiary/aromatic N) is 2. The number of fused-ring (bicyclic) bond motifs is 3. The number of benzene rings is 2. The van der Waals surface area contributed by atoms with Gasteiger partial charge in [0.15, 0.2) is 5.69 Å². The second kappa shape index (κ2) is 9.78. The molecule has 9 heteroatoms. The number of ether oxygens (including phenoxy) is 1. The van der Waals surface area contributed by atoms with E-state index in [0.717, 1.165) is 22.3 Å². The van der Waals surface area contributed by atoms with Gasteiger partial charge < -0.3 is 20.5 Å². The number of hydrogen-bond donors (Lipinski definition) is 3. The molecule has 4 rings (SSSR count). The van der Waals surface area contributed by atoms with E-state index in [0.29, 0.717) is 6.42 Å². The molecule has 1 heterocycles. The second-order valence-corrected chi connectivity index (χ2v) is 8.16. The van der Waals surface area contributed by atoms with Gasteiger partial charge >= 0.3 is 12.1 Å². The summed E-state index contributed by atoms with van der Waals surface area (Å²) in [5.74, 6) is -1.68. The number of amides is 2. The fourth-order valence-corrected chi connectivity index (χ4v) is 4.31. The van der Waals surface area contributed by atoms with Crippen molar-refractivity contribution in [2.24, 2.45) is 7.05 Å². The van der Waals surface area contributed by atoms with Gasteiger partial charge in [0.25, 0.3) is 0 Å². The van der Waals surface area contributed by atoms with Crippen LogP contribution in [0.5, 0.6) is 0 Å². The Morgan fingerprint density at radius 3 is 2.29 bits per heavy atom. The Morgan fingerprint density at radius 2 is 1.71 bits per heavy atom. The average Bonchev–Trinajstić information content (AvgIpc) is 3.34. The lowest BCUT2D eigenvalue weighted by Crippen LogP contribution is -2.38. The highest BCUT2D eigenvalue weighted by atomic mass is 16.5. The first-order valence-electron chi connectivity index (χ1n) is 11.1. The molecule has 1 aliphatic rings. The number of anilines is 1. The molecule has 0 saturated heterocycles. The van der Waals surface area contributed by atoms with Gasteiger partial charge in [-0.1, -0.05) is 55.5 Å². The first-order chi connectivity index (χ1) is 16.4. The lowest BCUT2D eigenvalue weighted by molar-refractivity contribution is -0.116. The van der Waals surface area contributed by atoms with Gasteiger partial charge in [0.2, 0.25) is 5.91 Å². The summed E-state index contributed by atoms with van der Waals surface area (Å²) in [4.78, 5) is 36.3. The number of carboxylic acid groups (broad SMARTS) is 1. The van der Waals surface area contributed by atoms with E-state index in [2.05, 4.69) is 27.9 Å². The fourth-order valence-electron chi connectivity index (χ4n) is 4.31. The molecule has 1 atom stereocenters. The molecule has 2 amide bonds. The van der Waals surface area contributed by atoms with Crippen molar-refractivity contribution in [2.45, 2.75) is 31.7 Å². The number of aromatic carboxylic acids is 1. The molecule has 9 nitrogen and oxygen atoms in total. The third kappa shape index (κ3) is 4.63. The molecule has 2 aromatic carbocycles. The zero-order chi connectivity index (χ0) is 24.2. The average molecular weight is 463 g/mol. The monoisotopic (exact) mass is 462 g/mol. The predicted octanol–water partition coefficient (Wildman–Crippen LogP) is 3.76. The lowest BCUT2D eigenvalue weighted by atomic mass is 9.98. The number of aryl methyl sites for hydroxylation is 1. The Hall–Kier alpha value is -4.14. The summed E-state index contributed by atoms with van der Waals surface area (Å²) in [6, 6.07) is 15.7. The molecule has 0 spiro atoms. The van der Waals surface area contributed by atoms with E-state index in [9.17, 15) is 19.5 Å². The van der Waals surface area contributed by atoms with Crippen LogP contribution < -0.4 is 10.6 Å². The first-order valence-corrected chi connectivity index (χ1v) is 11.1. The molecule has 0 bridgehead atoms. The summed E-state index contributed by atoms with van der Waals surface area (Å²) in [6.07, 6.45) is 1.14. The zero-order valence-corrected chi connectivity index (χ0v) is 18.9. The first kappa shape index (κ1) is 23.0. The Balaban J connectivity index is 1.34. The van der Waals surface area contributed by atoms with E-state index in [1.54, 1.807) is 0 Å². The van der Waals surface area contributed by atoms with E-state index in [-0.39, 0.29) is 30.3 Å². The van der Waals surface area contributed by atoms with Crippen LogP contribution >= 0.6 is 0 Å². The molecule has 0 fully saturated rings. The lowest BCUT2D eigenvalue weighted by Gasteiger charge is -2.18. The van der Waals surface area contributed by atoms with Gasteiger partial charge in [0.1, 0.15) is 6.61 Å². The number of carboxylic acids is 1. The van der Waals surface area contributed by atoms with Crippen LogP contribution in [0.25, 0.3) is 11.1 Å². The summed E-state index contributed by atoms with van der Waals surface area (Å²) in [7, 11) is 1.48. The predicted molar refractivity (Wildman–Crippen MR) is 126 cm³/mol. The number of rotatable bonds is 8. The Morgan fingerprint density at radius 1 is 1.09 bits per heavy atom. The van der Waals surface area contributed by atoms with E-state index in [1.807, 2.05) is 43.3 Å². The highest BCUT2D eigenvalue weighted by molar-refractivity contribution is 5.99. The highest BCUT2D eigenvalue weighted by Crippen LogP contribution is 2.44. The maximum atomic E-state index is 12.5. The third-order valence-electron chi connectivity index (χ3n) is 6.01. The van der Waals surface area contributed by atoms with Crippen molar-refractivity contribution in [3.8, 4) is 11.1 Å². The molecule has 1 aromatic heterocycles. The topological polar surface area (TPSA) is 123 Å². The smallest absolute Gasteiger partial charge is 0.407 e. The molecule has 3 aromatic rings. The van der Waals surface area contributed by atoms with Crippen molar-refractivity contribution in [1.82, 2.24) is 15.1 Å². The number of hydrogen-bond acceptors (Lipinski definition) is 5. The largest absolute Gasteiger partial charge is 0.476 e. The van der Waals surface area contributed by atoms with Crippen molar-refractivity contribution < 1.29 is 24.2 Å². The van der Waals surface area contributed by atoms with Gasteiger partial charge in [0, 0.05) is 25.4 Å². The van der Waals surface area contributed by atoms with Crippen LogP contribution in [-0.4, -0.2) is 45.5 Å². The maximum Gasteiger partial charge on any atom is 0.407 e. The SMILES string of the molecule is CCC(CC(=O)Nc1cnn(C)c1C(=O)O)NC(=O)OCC1c2ccccc2-c2ccccc21. The third-order valence-corrected chi connectivity index (χ3v) is 6.01. The Labute approximate surface area is 196 Å². The Bertz CT molecular complexity index is 1190. The molecular weight excluding hydrogens is 436 g/mol. The number of alkyl carbamates (subject to hydrolysis) is 1. The van der Waals surface area contributed by atoms with Crippen LogP contribution in [0.4, 0.5) is 10.5 Å². The van der Waals surface area contributed by atoms with Gasteiger partial charge in [-0.25, -0.2) is 9.59 Å². The number of carbonyl (C=O) groups excluding carboxylic acids is 2. The fraction of sp³-hybridized carbons (Fsp3) is 0.280. The van der Waals surface area contributed by atoms with Crippen LogP contribution in [0.2, 0.25) is 0 Å². The van der Waals surface area contributed by atoms with Gasteiger partial charge in [-0.15, -0.1) is 0 Å². The quantitative estimate of drug-likeness (QED) is 0.468. The minimum atomic E-state index is -1.20. The summed E-state index contributed by atoms with van der Waals surface area (Å²) >= 11 is 0. The molecule has 176 valence electrons. The van der Waals surface area contributed by atoms with Crippen LogP contribution in [0.3, 0.4) is 0 Å². The zero-order valence-electron chi connectivity index (χ0n) is 18.9. The van der Waals surface area contributed by atoms with Crippen LogP contribution in [0.1, 0.15) is 47.3 Å². The number of carbonyl (C=O) groups is 3. The maximum absolute atomic E-state index is 12.5. The molecule has 0 saturated carbocycles. The van der Waals surface area contributed by atoms with Crippen molar-refractivity contribution in [1.29, 1.82) is 0 Å². The minimum Gasteiger partial charge on any atom is -0.476 e. The van der Waals surface area contributed by atoms with E-state index < -0.39 is 24.0 Å². The molecular formula is C25H26N4O5. The molecule has 0 radical (unpaired) electrons. The summed E-state index contributed by atoms with van der Waals surface area (Å²) in [5.41, 5.74) is 4.52. The second-order valence-electron chi connectivity index (χ2n) is 8.16. The van der Waals surface area contributed by atoms with E-state index >= 15 is 0 Å². The van der Waals surface area contributed by atoms with Crippen LogP contribution in [-0.2, 0) is 16.6 Å². The molecule has 0 aliphatic heterocycles.